The van der Waals surface area contributed by atoms with E-state index in [0.717, 1.165) is 11.1 Å². The van der Waals surface area contributed by atoms with Crippen LogP contribution in [0.1, 0.15) is 34.0 Å². The summed E-state index contributed by atoms with van der Waals surface area (Å²) in [5.74, 6) is -0.113. The van der Waals surface area contributed by atoms with Crippen molar-refractivity contribution in [2.45, 2.75) is 6.92 Å². The fraction of sp³-hybridized carbons (Fsp3) is 0.118. The number of carbonyl (C=O) groups is 1. The molecule has 0 aliphatic rings. The Kier molecular flexibility index (Phi) is 4.89. The van der Waals surface area contributed by atoms with Crippen molar-refractivity contribution in [3.05, 3.63) is 58.8 Å². The third-order valence-corrected chi connectivity index (χ3v) is 2.95. The van der Waals surface area contributed by atoms with Crippen LogP contribution in [0.3, 0.4) is 0 Å². The number of ether oxygens (including phenoxy) is 1. The number of anilines is 1. The van der Waals surface area contributed by atoms with Gasteiger partial charge >= 0.3 is 5.97 Å². The van der Waals surface area contributed by atoms with Crippen molar-refractivity contribution >= 4 is 23.9 Å². The first kappa shape index (κ1) is 15.3. The smallest absolute Gasteiger partial charge is 0.338 e. The van der Waals surface area contributed by atoms with E-state index in [1.165, 1.54) is 0 Å². The highest BCUT2D eigenvalue weighted by Gasteiger charge is 2.04. The van der Waals surface area contributed by atoms with Crippen LogP contribution in [0.2, 0.25) is 0 Å². The lowest BCUT2D eigenvalue weighted by Gasteiger charge is -2.02. The van der Waals surface area contributed by atoms with Gasteiger partial charge in [-0.3, -0.25) is 0 Å². The first-order valence-corrected chi connectivity index (χ1v) is 6.75. The Hall–Kier alpha value is -3.13. The SMILES string of the molecule is CCOC(=O)c1ccc(C=Cc2cnc(N)c(C#N)c2)cc1. The Morgan fingerprint density at radius 1 is 1.32 bits per heavy atom. The van der Waals surface area contributed by atoms with Crippen molar-refractivity contribution in [1.29, 1.82) is 5.26 Å². The second kappa shape index (κ2) is 7.04. The van der Waals surface area contributed by atoms with Crippen LogP contribution in [0.5, 0.6) is 0 Å². The summed E-state index contributed by atoms with van der Waals surface area (Å²) in [5.41, 5.74) is 8.13. The molecule has 5 nitrogen and oxygen atoms in total. The Morgan fingerprint density at radius 2 is 2.00 bits per heavy atom. The lowest BCUT2D eigenvalue weighted by atomic mass is 10.1. The fourth-order valence-corrected chi connectivity index (χ4v) is 1.81. The molecule has 2 N–H and O–H groups in total. The molecule has 0 fully saturated rings. The van der Waals surface area contributed by atoms with Crippen LogP contribution < -0.4 is 5.73 Å². The number of benzene rings is 1. The van der Waals surface area contributed by atoms with E-state index >= 15 is 0 Å². The zero-order chi connectivity index (χ0) is 15.9. The highest BCUT2D eigenvalue weighted by atomic mass is 16.5. The molecule has 0 aliphatic heterocycles. The Labute approximate surface area is 128 Å². The highest BCUT2D eigenvalue weighted by molar-refractivity contribution is 5.89. The van der Waals surface area contributed by atoms with Crippen LogP contribution in [-0.4, -0.2) is 17.6 Å². The topological polar surface area (TPSA) is 89.0 Å². The maximum absolute atomic E-state index is 11.5. The number of hydrogen-bond acceptors (Lipinski definition) is 5. The molecule has 0 saturated carbocycles. The number of nitrogens with zero attached hydrogens (tertiary/aromatic N) is 2. The third kappa shape index (κ3) is 3.70. The van der Waals surface area contributed by atoms with Gasteiger partial charge in [-0.1, -0.05) is 24.3 Å². The molecular formula is C17H15N3O2. The van der Waals surface area contributed by atoms with Gasteiger partial charge in [0.2, 0.25) is 0 Å². The van der Waals surface area contributed by atoms with E-state index in [0.29, 0.717) is 17.7 Å². The average Bonchev–Trinajstić information content (AvgIpc) is 2.55. The number of rotatable bonds is 4. The number of nitriles is 1. The first-order chi connectivity index (χ1) is 10.6. The van der Waals surface area contributed by atoms with Crippen LogP contribution >= 0.6 is 0 Å². The second-order valence-electron chi connectivity index (χ2n) is 4.49. The van der Waals surface area contributed by atoms with Crippen LogP contribution in [0, 0.1) is 11.3 Å². The van der Waals surface area contributed by atoms with Crippen molar-refractivity contribution in [3.8, 4) is 6.07 Å². The number of carbonyl (C=O) groups excluding carboxylic acids is 1. The molecule has 5 heteroatoms. The van der Waals surface area contributed by atoms with Gasteiger partial charge in [-0.15, -0.1) is 0 Å². The maximum atomic E-state index is 11.5. The van der Waals surface area contributed by atoms with Crippen molar-refractivity contribution in [2.75, 3.05) is 12.3 Å². The number of aromatic nitrogens is 1. The summed E-state index contributed by atoms with van der Waals surface area (Å²) in [7, 11) is 0. The number of pyridine rings is 1. The number of nitrogens with two attached hydrogens (primary N) is 1. The van der Waals surface area contributed by atoms with E-state index < -0.39 is 0 Å². The minimum absolute atomic E-state index is 0.221. The molecule has 0 radical (unpaired) electrons. The summed E-state index contributed by atoms with van der Waals surface area (Å²) in [4.78, 5) is 15.5. The predicted molar refractivity (Wildman–Crippen MR) is 84.7 cm³/mol. The molecule has 0 atom stereocenters. The summed E-state index contributed by atoms with van der Waals surface area (Å²) in [5, 5.41) is 8.92. The van der Waals surface area contributed by atoms with Gasteiger partial charge < -0.3 is 10.5 Å². The molecule has 1 heterocycles. The largest absolute Gasteiger partial charge is 0.462 e. The molecule has 0 unspecified atom stereocenters. The summed E-state index contributed by atoms with van der Waals surface area (Å²) < 4.78 is 4.93. The molecule has 0 amide bonds. The molecule has 1 aromatic heterocycles. The maximum Gasteiger partial charge on any atom is 0.338 e. The normalized spacial score (nSPS) is 10.4. The Balaban J connectivity index is 2.14. The van der Waals surface area contributed by atoms with Crippen LogP contribution in [0.15, 0.2) is 36.5 Å². The number of esters is 1. The van der Waals surface area contributed by atoms with E-state index in [2.05, 4.69) is 4.98 Å². The molecule has 1 aromatic carbocycles. The van der Waals surface area contributed by atoms with E-state index in [4.69, 9.17) is 15.7 Å². The van der Waals surface area contributed by atoms with E-state index in [1.807, 2.05) is 30.4 Å². The second-order valence-corrected chi connectivity index (χ2v) is 4.49. The highest BCUT2D eigenvalue weighted by Crippen LogP contribution is 2.13. The van der Waals surface area contributed by atoms with E-state index in [-0.39, 0.29) is 11.8 Å². The van der Waals surface area contributed by atoms with Crippen molar-refractivity contribution < 1.29 is 9.53 Å². The van der Waals surface area contributed by atoms with Crippen LogP contribution in [0.25, 0.3) is 12.2 Å². The summed E-state index contributed by atoms with van der Waals surface area (Å²) in [6.07, 6.45) is 5.29. The molecule has 0 spiro atoms. The fourth-order valence-electron chi connectivity index (χ4n) is 1.81. The molecule has 22 heavy (non-hydrogen) atoms. The van der Waals surface area contributed by atoms with Gasteiger partial charge in [-0.25, -0.2) is 9.78 Å². The predicted octanol–water partition coefficient (Wildman–Crippen LogP) is 2.88. The van der Waals surface area contributed by atoms with Gasteiger partial charge in [0.05, 0.1) is 17.7 Å². The van der Waals surface area contributed by atoms with Gasteiger partial charge in [-0.05, 0) is 36.2 Å². The Bertz CT molecular complexity index is 743. The lowest BCUT2D eigenvalue weighted by molar-refractivity contribution is 0.0526. The lowest BCUT2D eigenvalue weighted by Crippen LogP contribution is -2.03. The molecule has 2 rings (SSSR count). The molecule has 110 valence electrons. The summed E-state index contributed by atoms with van der Waals surface area (Å²) in [6.45, 7) is 2.12. The summed E-state index contributed by atoms with van der Waals surface area (Å²) in [6, 6.07) is 10.7. The quantitative estimate of drug-likeness (QED) is 0.875. The number of nitrogen functional groups attached to an aromatic ring is 1. The van der Waals surface area contributed by atoms with Crippen LogP contribution in [-0.2, 0) is 4.74 Å². The van der Waals surface area contributed by atoms with E-state index in [9.17, 15) is 4.79 Å². The van der Waals surface area contributed by atoms with Gasteiger partial charge in [0.1, 0.15) is 11.9 Å². The van der Waals surface area contributed by atoms with Gasteiger partial charge in [0.15, 0.2) is 0 Å². The zero-order valence-corrected chi connectivity index (χ0v) is 12.1. The van der Waals surface area contributed by atoms with E-state index in [1.54, 1.807) is 31.3 Å². The van der Waals surface area contributed by atoms with Crippen molar-refractivity contribution in [1.82, 2.24) is 4.98 Å². The first-order valence-electron chi connectivity index (χ1n) is 6.75. The van der Waals surface area contributed by atoms with Gasteiger partial charge in [-0.2, -0.15) is 5.26 Å². The minimum atomic E-state index is -0.334. The van der Waals surface area contributed by atoms with Crippen molar-refractivity contribution in [3.63, 3.8) is 0 Å². The minimum Gasteiger partial charge on any atom is -0.462 e. The van der Waals surface area contributed by atoms with Gasteiger partial charge in [0.25, 0.3) is 0 Å². The standard InChI is InChI=1S/C17H15N3O2/c1-2-22-17(21)14-7-5-12(6-8-14)3-4-13-9-15(10-18)16(19)20-11-13/h3-9,11H,2H2,1H3,(H2,19,20). The molecule has 0 aliphatic carbocycles. The van der Waals surface area contributed by atoms with Crippen LogP contribution in [0.4, 0.5) is 5.82 Å². The molecule has 0 saturated heterocycles. The molecular weight excluding hydrogens is 278 g/mol. The van der Waals surface area contributed by atoms with Gasteiger partial charge in [0, 0.05) is 6.20 Å². The monoisotopic (exact) mass is 293 g/mol. The Morgan fingerprint density at radius 3 is 2.64 bits per heavy atom. The average molecular weight is 293 g/mol. The van der Waals surface area contributed by atoms with Crippen molar-refractivity contribution in [2.24, 2.45) is 0 Å². The zero-order valence-electron chi connectivity index (χ0n) is 12.1. The molecule has 0 bridgehead atoms. The molecule has 2 aromatic rings. The number of hydrogen-bond donors (Lipinski definition) is 1. The summed E-state index contributed by atoms with van der Waals surface area (Å²) >= 11 is 0. The third-order valence-electron chi connectivity index (χ3n) is 2.95.